The molecule has 0 unspecified atom stereocenters. The molecule has 0 aliphatic heterocycles. The number of H-pyrrole nitrogens is 1. The van der Waals surface area contributed by atoms with E-state index in [-0.39, 0.29) is 18.2 Å². The van der Waals surface area contributed by atoms with E-state index in [9.17, 15) is 4.39 Å². The van der Waals surface area contributed by atoms with Crippen LogP contribution in [0.15, 0.2) is 60.8 Å². The SMILES string of the molecule is CN(C/C=C/c1cccc(F)c1)Cc1cccc2cc[nH]c12.Cl. The summed E-state index contributed by atoms with van der Waals surface area (Å²) in [7, 11) is 2.08. The highest BCUT2D eigenvalue weighted by molar-refractivity contribution is 5.85. The van der Waals surface area contributed by atoms with Crippen LogP contribution in [-0.4, -0.2) is 23.5 Å². The van der Waals surface area contributed by atoms with Crippen molar-refractivity contribution >= 4 is 29.4 Å². The number of fused-ring (bicyclic) bond motifs is 1. The lowest BCUT2D eigenvalue weighted by Gasteiger charge is -2.15. The number of aromatic amines is 1. The Morgan fingerprint density at radius 2 is 1.96 bits per heavy atom. The molecular formula is C19H20ClFN2. The molecule has 0 fully saturated rings. The number of hydrogen-bond donors (Lipinski definition) is 1. The van der Waals surface area contributed by atoms with Crippen LogP contribution in [0.3, 0.4) is 0 Å². The molecule has 0 saturated carbocycles. The van der Waals surface area contributed by atoms with Crippen LogP contribution in [0.4, 0.5) is 4.39 Å². The summed E-state index contributed by atoms with van der Waals surface area (Å²) >= 11 is 0. The highest BCUT2D eigenvalue weighted by atomic mass is 35.5. The number of halogens is 2. The lowest BCUT2D eigenvalue weighted by Crippen LogP contribution is -2.17. The molecule has 3 rings (SSSR count). The third-order valence-corrected chi connectivity index (χ3v) is 3.69. The molecule has 23 heavy (non-hydrogen) atoms. The van der Waals surface area contributed by atoms with Gasteiger partial charge in [-0.3, -0.25) is 4.90 Å². The minimum absolute atomic E-state index is 0. The smallest absolute Gasteiger partial charge is 0.123 e. The number of hydrogen-bond acceptors (Lipinski definition) is 1. The van der Waals surface area contributed by atoms with Gasteiger partial charge >= 0.3 is 0 Å². The molecule has 0 spiro atoms. The second-order valence-electron chi connectivity index (χ2n) is 5.51. The average molecular weight is 331 g/mol. The molecule has 0 aliphatic rings. The van der Waals surface area contributed by atoms with Gasteiger partial charge in [-0.2, -0.15) is 0 Å². The van der Waals surface area contributed by atoms with E-state index in [0.717, 1.165) is 18.7 Å². The maximum atomic E-state index is 13.1. The first-order valence-electron chi connectivity index (χ1n) is 7.38. The van der Waals surface area contributed by atoms with E-state index in [4.69, 9.17) is 0 Å². The minimum atomic E-state index is -0.200. The van der Waals surface area contributed by atoms with Crippen molar-refractivity contribution in [2.75, 3.05) is 13.6 Å². The van der Waals surface area contributed by atoms with Crippen molar-refractivity contribution in [1.29, 1.82) is 0 Å². The first-order chi connectivity index (χ1) is 10.7. The van der Waals surface area contributed by atoms with Crippen LogP contribution in [0.25, 0.3) is 17.0 Å². The van der Waals surface area contributed by atoms with Crippen molar-refractivity contribution in [3.63, 3.8) is 0 Å². The monoisotopic (exact) mass is 330 g/mol. The molecule has 120 valence electrons. The van der Waals surface area contributed by atoms with E-state index >= 15 is 0 Å². The van der Waals surface area contributed by atoms with E-state index in [1.165, 1.54) is 28.6 Å². The maximum Gasteiger partial charge on any atom is 0.123 e. The minimum Gasteiger partial charge on any atom is -0.361 e. The van der Waals surface area contributed by atoms with Crippen LogP contribution in [0.5, 0.6) is 0 Å². The zero-order valence-electron chi connectivity index (χ0n) is 13.0. The van der Waals surface area contributed by atoms with Crippen LogP contribution in [0, 0.1) is 5.82 Å². The third kappa shape index (κ3) is 4.44. The standard InChI is InChI=1S/C19H19FN2.ClH/c1-22(12-4-6-15-5-2-9-18(20)13-15)14-17-8-3-7-16-10-11-21-19(16)17;/h2-11,13,21H,12,14H2,1H3;1H/b6-4+;. The summed E-state index contributed by atoms with van der Waals surface area (Å²) in [5.41, 5.74) is 3.37. The summed E-state index contributed by atoms with van der Waals surface area (Å²) in [5.74, 6) is -0.200. The number of nitrogens with zero attached hydrogens (tertiary/aromatic N) is 1. The quantitative estimate of drug-likeness (QED) is 0.706. The third-order valence-electron chi connectivity index (χ3n) is 3.69. The van der Waals surface area contributed by atoms with Gasteiger partial charge in [0.15, 0.2) is 0 Å². The molecule has 1 aromatic heterocycles. The van der Waals surface area contributed by atoms with Gasteiger partial charge in [0.25, 0.3) is 0 Å². The second-order valence-corrected chi connectivity index (χ2v) is 5.51. The first-order valence-corrected chi connectivity index (χ1v) is 7.38. The Bertz CT molecular complexity index is 795. The number of benzene rings is 2. The molecule has 0 radical (unpaired) electrons. The van der Waals surface area contributed by atoms with Gasteiger partial charge < -0.3 is 4.98 Å². The predicted molar refractivity (Wildman–Crippen MR) is 97.3 cm³/mol. The Balaban J connectivity index is 0.00000192. The molecule has 1 heterocycles. The van der Waals surface area contributed by atoms with Gasteiger partial charge in [-0.15, -0.1) is 12.4 Å². The Morgan fingerprint density at radius 3 is 2.78 bits per heavy atom. The van der Waals surface area contributed by atoms with Crippen LogP contribution in [-0.2, 0) is 6.54 Å². The van der Waals surface area contributed by atoms with E-state index in [1.54, 1.807) is 6.07 Å². The van der Waals surface area contributed by atoms with Crippen LogP contribution in [0.1, 0.15) is 11.1 Å². The molecule has 1 N–H and O–H groups in total. The van der Waals surface area contributed by atoms with Crippen molar-refractivity contribution in [2.45, 2.75) is 6.54 Å². The second kappa shape index (κ2) is 7.95. The highest BCUT2D eigenvalue weighted by Gasteiger charge is 2.04. The van der Waals surface area contributed by atoms with Crippen molar-refractivity contribution in [1.82, 2.24) is 9.88 Å². The fraction of sp³-hybridized carbons (Fsp3) is 0.158. The molecule has 2 aromatic carbocycles. The molecule has 3 aromatic rings. The summed E-state index contributed by atoms with van der Waals surface area (Å²) in [5, 5.41) is 1.24. The molecule has 0 aliphatic carbocycles. The zero-order chi connectivity index (χ0) is 15.4. The zero-order valence-corrected chi connectivity index (χ0v) is 13.8. The normalized spacial score (nSPS) is 11.3. The molecule has 0 atom stereocenters. The molecule has 0 amide bonds. The number of likely N-dealkylation sites (N-methyl/N-ethyl adjacent to an activating group) is 1. The molecular weight excluding hydrogens is 311 g/mol. The Labute approximate surface area is 142 Å². The summed E-state index contributed by atoms with van der Waals surface area (Å²) < 4.78 is 13.1. The van der Waals surface area contributed by atoms with Gasteiger partial charge in [0.05, 0.1) is 0 Å². The summed E-state index contributed by atoms with van der Waals surface area (Å²) in [6, 6.07) is 15.1. The van der Waals surface area contributed by atoms with Crippen molar-refractivity contribution in [3.05, 3.63) is 77.7 Å². The van der Waals surface area contributed by atoms with Gasteiger partial charge in [0.2, 0.25) is 0 Å². The summed E-state index contributed by atoms with van der Waals surface area (Å²) in [6.45, 7) is 1.68. The fourth-order valence-electron chi connectivity index (χ4n) is 2.62. The van der Waals surface area contributed by atoms with Gasteiger partial charge in [-0.05, 0) is 41.8 Å². The Morgan fingerprint density at radius 1 is 1.13 bits per heavy atom. The average Bonchev–Trinajstić information content (AvgIpc) is 2.97. The number of aromatic nitrogens is 1. The van der Waals surface area contributed by atoms with E-state index in [2.05, 4.69) is 47.3 Å². The molecule has 2 nitrogen and oxygen atoms in total. The first kappa shape index (κ1) is 17.3. The van der Waals surface area contributed by atoms with Gasteiger partial charge in [0.1, 0.15) is 5.82 Å². The van der Waals surface area contributed by atoms with Gasteiger partial charge in [-0.1, -0.05) is 42.5 Å². The van der Waals surface area contributed by atoms with E-state index in [0.29, 0.717) is 0 Å². The highest BCUT2D eigenvalue weighted by Crippen LogP contribution is 2.18. The topological polar surface area (TPSA) is 19.0 Å². The number of nitrogens with one attached hydrogen (secondary N) is 1. The summed E-state index contributed by atoms with van der Waals surface area (Å²) in [4.78, 5) is 5.52. The van der Waals surface area contributed by atoms with E-state index < -0.39 is 0 Å². The maximum absolute atomic E-state index is 13.1. The van der Waals surface area contributed by atoms with Gasteiger partial charge in [0, 0.05) is 24.8 Å². The van der Waals surface area contributed by atoms with Crippen LogP contribution in [0.2, 0.25) is 0 Å². The molecule has 0 bridgehead atoms. The van der Waals surface area contributed by atoms with Crippen molar-refractivity contribution in [2.24, 2.45) is 0 Å². The molecule has 0 saturated heterocycles. The number of para-hydroxylation sites is 1. The lowest BCUT2D eigenvalue weighted by atomic mass is 10.1. The van der Waals surface area contributed by atoms with E-state index in [1.807, 2.05) is 18.3 Å². The lowest BCUT2D eigenvalue weighted by molar-refractivity contribution is 0.365. The van der Waals surface area contributed by atoms with Crippen LogP contribution < -0.4 is 0 Å². The Hall–Kier alpha value is -2.10. The molecule has 4 heteroatoms. The predicted octanol–water partition coefficient (Wildman–Crippen LogP) is 4.87. The van der Waals surface area contributed by atoms with Gasteiger partial charge in [-0.25, -0.2) is 4.39 Å². The van der Waals surface area contributed by atoms with Crippen molar-refractivity contribution in [3.8, 4) is 0 Å². The Kier molecular flexibility index (Phi) is 5.97. The van der Waals surface area contributed by atoms with Crippen molar-refractivity contribution < 1.29 is 4.39 Å². The number of rotatable bonds is 5. The van der Waals surface area contributed by atoms with Crippen LogP contribution >= 0.6 is 12.4 Å². The fourth-order valence-corrected chi connectivity index (χ4v) is 2.62. The summed E-state index contributed by atoms with van der Waals surface area (Å²) in [6.07, 6.45) is 5.98. The largest absolute Gasteiger partial charge is 0.361 e.